The first-order valence-electron chi connectivity index (χ1n) is 11.2. The lowest BCUT2D eigenvalue weighted by Gasteiger charge is -2.27. The zero-order chi connectivity index (χ0) is 21.8. The minimum atomic E-state index is -0.0789. The normalized spacial score (nSPS) is 16.8. The monoisotopic (exact) mass is 429 g/mol. The Hall–Kier alpha value is -1.92. The number of pyridine rings is 1. The second-order valence-electron chi connectivity index (χ2n) is 8.27. The van der Waals surface area contributed by atoms with Gasteiger partial charge in [-0.05, 0) is 76.2 Å². The second kappa shape index (κ2) is 9.92. The smallest absolute Gasteiger partial charge is 0.255 e. The van der Waals surface area contributed by atoms with Crippen LogP contribution < -0.4 is 10.9 Å². The molecule has 0 unspecified atom stereocenters. The quantitative estimate of drug-likeness (QED) is 0.768. The number of aromatic amines is 1. The van der Waals surface area contributed by atoms with Gasteiger partial charge in [0.05, 0.1) is 12.1 Å². The van der Waals surface area contributed by atoms with Crippen LogP contribution in [0.3, 0.4) is 0 Å². The Labute approximate surface area is 183 Å². The Morgan fingerprint density at radius 1 is 1.13 bits per heavy atom. The average molecular weight is 430 g/mol. The van der Waals surface area contributed by atoms with E-state index in [1.165, 1.54) is 28.2 Å². The fourth-order valence-corrected chi connectivity index (χ4v) is 5.95. The first-order chi connectivity index (χ1) is 14.4. The molecule has 0 spiro atoms. The van der Waals surface area contributed by atoms with Crippen molar-refractivity contribution in [2.45, 2.75) is 66.8 Å². The van der Waals surface area contributed by atoms with Gasteiger partial charge < -0.3 is 15.2 Å². The van der Waals surface area contributed by atoms with E-state index in [9.17, 15) is 9.59 Å². The Morgan fingerprint density at radius 2 is 1.83 bits per heavy atom. The van der Waals surface area contributed by atoms with Crippen molar-refractivity contribution in [3.05, 3.63) is 54.1 Å². The molecule has 1 saturated heterocycles. The number of nitrogens with one attached hydrogen (secondary N) is 2. The molecular formula is C24H35N3O2S. The Kier molecular flexibility index (Phi) is 7.53. The molecule has 1 fully saturated rings. The van der Waals surface area contributed by atoms with Gasteiger partial charge >= 0.3 is 0 Å². The van der Waals surface area contributed by atoms with Crippen LogP contribution in [0.2, 0.25) is 0 Å². The highest BCUT2D eigenvalue weighted by Gasteiger charge is 2.31. The van der Waals surface area contributed by atoms with Crippen LogP contribution in [-0.2, 0) is 19.4 Å². The summed E-state index contributed by atoms with van der Waals surface area (Å²) in [5.41, 5.74) is 4.50. The summed E-state index contributed by atoms with van der Waals surface area (Å²) >= 11 is 1.84. The third-order valence-electron chi connectivity index (χ3n) is 6.20. The lowest BCUT2D eigenvalue weighted by Crippen LogP contribution is -2.38. The van der Waals surface area contributed by atoms with E-state index in [1.54, 1.807) is 0 Å². The Morgan fingerprint density at radius 3 is 2.50 bits per heavy atom. The number of piperidine rings is 1. The molecule has 5 nitrogen and oxygen atoms in total. The molecule has 0 saturated carbocycles. The van der Waals surface area contributed by atoms with Crippen LogP contribution in [0.1, 0.15) is 69.2 Å². The number of aryl methyl sites for hydroxylation is 2. The number of fused-ring (bicyclic) bond motifs is 1. The molecule has 0 bridgehead atoms. The van der Waals surface area contributed by atoms with Gasteiger partial charge in [0.15, 0.2) is 0 Å². The number of rotatable bonds is 4. The summed E-state index contributed by atoms with van der Waals surface area (Å²) in [5.74, 6) is 0.811. The fourth-order valence-electron chi connectivity index (χ4n) is 4.54. The van der Waals surface area contributed by atoms with Gasteiger partial charge in [-0.15, -0.1) is 11.3 Å². The summed E-state index contributed by atoms with van der Waals surface area (Å²) in [6.07, 6.45) is 4.42. The molecular weight excluding hydrogens is 394 g/mol. The van der Waals surface area contributed by atoms with Gasteiger partial charge in [-0.2, -0.15) is 0 Å². The van der Waals surface area contributed by atoms with Crippen LogP contribution in [-0.4, -0.2) is 35.4 Å². The highest BCUT2D eigenvalue weighted by molar-refractivity contribution is 7.12. The van der Waals surface area contributed by atoms with E-state index in [4.69, 9.17) is 0 Å². The second-order valence-corrected chi connectivity index (χ2v) is 9.46. The molecule has 0 atom stereocenters. The van der Waals surface area contributed by atoms with Crippen LogP contribution in [0.25, 0.3) is 0 Å². The van der Waals surface area contributed by atoms with Crippen molar-refractivity contribution in [3.63, 3.8) is 0 Å². The van der Waals surface area contributed by atoms with Gasteiger partial charge in [-0.1, -0.05) is 13.8 Å². The third kappa shape index (κ3) is 4.70. The highest BCUT2D eigenvalue weighted by atomic mass is 32.1. The Bertz CT molecular complexity index is 954. The molecule has 2 aromatic heterocycles. The molecule has 4 rings (SSSR count). The lowest BCUT2D eigenvalue weighted by atomic mass is 9.92. The van der Waals surface area contributed by atoms with Crippen molar-refractivity contribution in [2.75, 3.05) is 19.6 Å². The largest absolute Gasteiger partial charge is 0.334 e. The zero-order valence-corrected chi connectivity index (χ0v) is 19.8. The maximum absolute atomic E-state index is 13.2. The SMILES string of the molecule is CC.Cc1cc(C)c(CN2CCc3sc(CC4CCNCC4)c(C)c3C2=O)c(=O)[nH]1. The number of hydrogen-bond donors (Lipinski definition) is 2. The van der Waals surface area contributed by atoms with Gasteiger partial charge in [-0.25, -0.2) is 0 Å². The standard InChI is InChI=1S/C22H29N3O2S.C2H6/c1-13-10-14(2)24-21(26)17(13)12-25-9-6-18-20(22(25)27)15(3)19(28-18)11-16-4-7-23-8-5-16;1-2/h10,16,23H,4-9,11-12H2,1-3H3,(H,24,26);1-2H3. The van der Waals surface area contributed by atoms with Crippen LogP contribution in [0, 0.1) is 26.7 Å². The van der Waals surface area contributed by atoms with Gasteiger partial charge in [-0.3, -0.25) is 9.59 Å². The predicted molar refractivity (Wildman–Crippen MR) is 125 cm³/mol. The lowest BCUT2D eigenvalue weighted by molar-refractivity contribution is 0.0727. The zero-order valence-electron chi connectivity index (χ0n) is 19.0. The maximum Gasteiger partial charge on any atom is 0.255 e. The van der Waals surface area contributed by atoms with Crippen molar-refractivity contribution >= 4 is 17.2 Å². The summed E-state index contributed by atoms with van der Waals surface area (Å²) in [6, 6.07) is 1.98. The summed E-state index contributed by atoms with van der Waals surface area (Å²) < 4.78 is 0. The number of aromatic nitrogens is 1. The number of nitrogens with zero attached hydrogens (tertiary/aromatic N) is 1. The van der Waals surface area contributed by atoms with E-state index in [0.717, 1.165) is 48.7 Å². The van der Waals surface area contributed by atoms with Gasteiger partial charge in [0.2, 0.25) is 0 Å². The number of thiophene rings is 1. The van der Waals surface area contributed by atoms with E-state index in [-0.39, 0.29) is 11.5 Å². The molecule has 0 radical (unpaired) electrons. The molecule has 0 aliphatic carbocycles. The van der Waals surface area contributed by atoms with Gasteiger partial charge in [0.25, 0.3) is 11.5 Å². The maximum atomic E-state index is 13.2. The topological polar surface area (TPSA) is 65.2 Å². The molecule has 2 aliphatic rings. The van der Waals surface area contributed by atoms with Crippen molar-refractivity contribution in [1.29, 1.82) is 0 Å². The fraction of sp³-hybridized carbons (Fsp3) is 0.583. The van der Waals surface area contributed by atoms with Gasteiger partial charge in [0, 0.05) is 34.0 Å². The molecule has 2 aromatic rings. The van der Waals surface area contributed by atoms with E-state index in [2.05, 4.69) is 17.2 Å². The van der Waals surface area contributed by atoms with Crippen molar-refractivity contribution in [1.82, 2.24) is 15.2 Å². The van der Waals surface area contributed by atoms with Crippen molar-refractivity contribution in [2.24, 2.45) is 5.92 Å². The molecule has 4 heterocycles. The average Bonchev–Trinajstić information content (AvgIpc) is 3.04. The number of amides is 1. The minimum Gasteiger partial charge on any atom is -0.334 e. The van der Waals surface area contributed by atoms with Crippen LogP contribution in [0.15, 0.2) is 10.9 Å². The first kappa shape index (κ1) is 22.8. The summed E-state index contributed by atoms with van der Waals surface area (Å²) in [5, 5.41) is 3.43. The van der Waals surface area contributed by atoms with Crippen LogP contribution in [0.4, 0.5) is 0 Å². The van der Waals surface area contributed by atoms with E-state index in [0.29, 0.717) is 18.7 Å². The van der Waals surface area contributed by atoms with Crippen LogP contribution in [0.5, 0.6) is 0 Å². The molecule has 6 heteroatoms. The molecule has 0 aromatic carbocycles. The predicted octanol–water partition coefficient (Wildman–Crippen LogP) is 4.13. The van der Waals surface area contributed by atoms with Crippen molar-refractivity contribution in [3.8, 4) is 0 Å². The summed E-state index contributed by atoms with van der Waals surface area (Å²) in [7, 11) is 0. The minimum absolute atomic E-state index is 0.0789. The van der Waals surface area contributed by atoms with Crippen LogP contribution >= 0.6 is 11.3 Å². The Balaban J connectivity index is 0.00000124. The third-order valence-corrected chi connectivity index (χ3v) is 7.58. The molecule has 2 aliphatic heterocycles. The molecule has 164 valence electrons. The van der Waals surface area contributed by atoms with E-state index >= 15 is 0 Å². The summed E-state index contributed by atoms with van der Waals surface area (Å²) in [4.78, 5) is 33.0. The number of carbonyl (C=O) groups is 1. The van der Waals surface area contributed by atoms with E-state index < -0.39 is 0 Å². The highest BCUT2D eigenvalue weighted by Crippen LogP contribution is 2.35. The number of hydrogen-bond acceptors (Lipinski definition) is 4. The number of H-pyrrole nitrogens is 1. The van der Waals surface area contributed by atoms with Gasteiger partial charge in [0.1, 0.15) is 0 Å². The van der Waals surface area contributed by atoms with Crippen molar-refractivity contribution < 1.29 is 4.79 Å². The van der Waals surface area contributed by atoms with E-state index in [1.807, 2.05) is 50.0 Å². The summed E-state index contributed by atoms with van der Waals surface area (Å²) in [6.45, 7) is 13.2. The molecule has 30 heavy (non-hydrogen) atoms. The first-order valence-corrected chi connectivity index (χ1v) is 12.1. The molecule has 2 N–H and O–H groups in total. The molecule has 1 amide bonds. The number of carbonyl (C=O) groups excluding carboxylic acids is 1.